The summed E-state index contributed by atoms with van der Waals surface area (Å²) in [5.41, 5.74) is 0.753. The van der Waals surface area contributed by atoms with Gasteiger partial charge in [0.1, 0.15) is 6.10 Å². The predicted octanol–water partition coefficient (Wildman–Crippen LogP) is -0.186. The SMILES string of the molecule is Clc1cnc(C2CNCCO2)c(Cl)c1.[Na+].[O-]c1ccccc1. The number of hydrogen-bond acceptors (Lipinski definition) is 4. The van der Waals surface area contributed by atoms with Crippen LogP contribution in [0.3, 0.4) is 0 Å². The van der Waals surface area contributed by atoms with Gasteiger partial charge in [0.15, 0.2) is 0 Å². The Morgan fingerprint density at radius 3 is 2.45 bits per heavy atom. The Morgan fingerprint density at radius 2 is 1.95 bits per heavy atom. The monoisotopic (exact) mass is 348 g/mol. The Balaban J connectivity index is 0.000000258. The Labute approximate surface area is 162 Å². The van der Waals surface area contributed by atoms with Gasteiger partial charge >= 0.3 is 29.6 Å². The first kappa shape index (κ1) is 19.7. The molecule has 0 radical (unpaired) electrons. The second kappa shape index (κ2) is 10.4. The van der Waals surface area contributed by atoms with Crippen LogP contribution in [0.4, 0.5) is 0 Å². The largest absolute Gasteiger partial charge is 1.00 e. The molecule has 0 spiro atoms. The van der Waals surface area contributed by atoms with Crippen molar-refractivity contribution in [3.63, 3.8) is 0 Å². The van der Waals surface area contributed by atoms with Gasteiger partial charge in [0.25, 0.3) is 0 Å². The third kappa shape index (κ3) is 6.42. The summed E-state index contributed by atoms with van der Waals surface area (Å²) in [4.78, 5) is 4.17. The van der Waals surface area contributed by atoms with Crippen molar-refractivity contribution in [1.82, 2.24) is 10.3 Å². The quantitative estimate of drug-likeness (QED) is 0.726. The van der Waals surface area contributed by atoms with Crippen molar-refractivity contribution < 1.29 is 39.4 Å². The minimum Gasteiger partial charge on any atom is -0.872 e. The van der Waals surface area contributed by atoms with E-state index in [2.05, 4.69) is 10.3 Å². The molecule has 1 aromatic heterocycles. The second-order valence-electron chi connectivity index (χ2n) is 4.40. The van der Waals surface area contributed by atoms with Gasteiger partial charge in [0, 0.05) is 19.3 Å². The minimum atomic E-state index is -0.0616. The molecule has 0 aliphatic carbocycles. The number of hydrogen-bond donors (Lipinski definition) is 1. The van der Waals surface area contributed by atoms with Crippen LogP contribution in [0.5, 0.6) is 5.75 Å². The average molecular weight is 349 g/mol. The third-order valence-electron chi connectivity index (χ3n) is 2.81. The Morgan fingerprint density at radius 1 is 1.23 bits per heavy atom. The molecular weight excluding hydrogens is 334 g/mol. The molecule has 4 nitrogen and oxygen atoms in total. The van der Waals surface area contributed by atoms with E-state index in [9.17, 15) is 5.11 Å². The molecule has 1 N–H and O–H groups in total. The number of nitrogens with one attached hydrogen (secondary N) is 1. The van der Waals surface area contributed by atoms with E-state index in [1.54, 1.807) is 24.4 Å². The van der Waals surface area contributed by atoms with Crippen LogP contribution in [0, 0.1) is 0 Å². The molecule has 0 saturated carbocycles. The van der Waals surface area contributed by atoms with Crippen LogP contribution in [0.2, 0.25) is 10.0 Å². The topological polar surface area (TPSA) is 57.2 Å². The van der Waals surface area contributed by atoms with Crippen LogP contribution in [0.25, 0.3) is 0 Å². The molecule has 3 rings (SSSR count). The number of aromatic nitrogens is 1. The van der Waals surface area contributed by atoms with E-state index in [1.807, 2.05) is 6.07 Å². The predicted molar refractivity (Wildman–Crippen MR) is 81.7 cm³/mol. The van der Waals surface area contributed by atoms with Crippen molar-refractivity contribution in [2.45, 2.75) is 6.10 Å². The fraction of sp³-hybridized carbons (Fsp3) is 0.267. The third-order valence-corrected chi connectivity index (χ3v) is 3.32. The molecule has 1 saturated heterocycles. The Hall–Kier alpha value is -0.330. The van der Waals surface area contributed by atoms with Crippen LogP contribution < -0.4 is 40.0 Å². The number of nitrogens with zero attached hydrogens (tertiary/aromatic N) is 1. The van der Waals surface area contributed by atoms with Crippen molar-refractivity contribution in [3.05, 3.63) is 58.3 Å². The smallest absolute Gasteiger partial charge is 0.872 e. The first-order chi connectivity index (χ1) is 10.2. The van der Waals surface area contributed by atoms with E-state index in [-0.39, 0.29) is 41.4 Å². The number of ether oxygens (including phenoxy) is 1. The van der Waals surface area contributed by atoms with Crippen molar-refractivity contribution in [1.29, 1.82) is 0 Å². The maximum atomic E-state index is 10.3. The average Bonchev–Trinajstić information content (AvgIpc) is 2.49. The van der Waals surface area contributed by atoms with Gasteiger partial charge in [-0.05, 0) is 6.07 Å². The molecule has 2 heterocycles. The van der Waals surface area contributed by atoms with Crippen molar-refractivity contribution in [2.24, 2.45) is 0 Å². The van der Waals surface area contributed by atoms with Gasteiger partial charge in [-0.25, -0.2) is 0 Å². The van der Waals surface area contributed by atoms with E-state index < -0.39 is 0 Å². The van der Waals surface area contributed by atoms with Crippen LogP contribution in [0.1, 0.15) is 11.8 Å². The molecule has 1 aromatic carbocycles. The summed E-state index contributed by atoms with van der Waals surface area (Å²) >= 11 is 11.8. The van der Waals surface area contributed by atoms with Gasteiger partial charge in [-0.2, -0.15) is 0 Å². The molecule has 0 amide bonds. The second-order valence-corrected chi connectivity index (χ2v) is 5.24. The van der Waals surface area contributed by atoms with E-state index in [4.69, 9.17) is 27.9 Å². The molecule has 1 aliphatic rings. The molecule has 1 fully saturated rings. The molecule has 1 unspecified atom stereocenters. The summed E-state index contributed by atoms with van der Waals surface area (Å²) in [5.74, 6) is 0.0718. The van der Waals surface area contributed by atoms with Crippen LogP contribution >= 0.6 is 23.2 Å². The van der Waals surface area contributed by atoms with Gasteiger partial charge in [-0.15, -0.1) is 5.75 Å². The first-order valence-corrected chi connectivity index (χ1v) is 7.27. The zero-order valence-corrected chi connectivity index (χ0v) is 15.8. The molecule has 1 atom stereocenters. The molecule has 1 aliphatic heterocycles. The van der Waals surface area contributed by atoms with Crippen molar-refractivity contribution >= 4 is 23.2 Å². The number of morpholine rings is 1. The summed E-state index contributed by atoms with van der Waals surface area (Å²) in [6.45, 7) is 2.31. The number of para-hydroxylation sites is 1. The normalized spacial score (nSPS) is 16.9. The number of halogens is 2. The molecule has 2 aromatic rings. The number of rotatable bonds is 1. The summed E-state index contributed by atoms with van der Waals surface area (Å²) < 4.78 is 5.53. The molecule has 0 bridgehead atoms. The summed E-state index contributed by atoms with van der Waals surface area (Å²) in [6.07, 6.45) is 1.52. The zero-order chi connectivity index (χ0) is 15.1. The Bertz CT molecular complexity index is 567. The summed E-state index contributed by atoms with van der Waals surface area (Å²) in [6, 6.07) is 10.0. The van der Waals surface area contributed by atoms with Gasteiger partial charge in [0.2, 0.25) is 0 Å². The summed E-state index contributed by atoms with van der Waals surface area (Å²) in [5, 5.41) is 14.6. The zero-order valence-electron chi connectivity index (χ0n) is 12.3. The first-order valence-electron chi connectivity index (χ1n) is 6.52. The minimum absolute atomic E-state index is 0. The molecule has 22 heavy (non-hydrogen) atoms. The number of benzene rings is 1. The molecular formula is C15H15Cl2N2NaO2. The summed E-state index contributed by atoms with van der Waals surface area (Å²) in [7, 11) is 0. The maximum absolute atomic E-state index is 10.3. The van der Waals surface area contributed by atoms with Crippen LogP contribution in [-0.2, 0) is 4.74 Å². The molecule has 7 heteroatoms. The fourth-order valence-corrected chi connectivity index (χ4v) is 2.33. The fourth-order valence-electron chi connectivity index (χ4n) is 1.82. The van der Waals surface area contributed by atoms with E-state index in [0.29, 0.717) is 16.7 Å². The van der Waals surface area contributed by atoms with E-state index in [0.717, 1.165) is 18.8 Å². The van der Waals surface area contributed by atoms with Crippen LogP contribution in [-0.4, -0.2) is 24.7 Å². The maximum Gasteiger partial charge on any atom is 1.00 e. The standard InChI is InChI=1S/C9H10Cl2N2O.C6H6O.Na/c10-6-3-7(11)9(13-4-6)8-5-12-1-2-14-8;7-6-4-2-1-3-5-6;/h3-4,8,12H,1-2,5H2;1-5,7H;/q;;+1/p-1. The molecule has 112 valence electrons. The van der Waals surface area contributed by atoms with Gasteiger partial charge in [-0.3, -0.25) is 4.98 Å². The van der Waals surface area contributed by atoms with E-state index >= 15 is 0 Å². The van der Waals surface area contributed by atoms with Crippen molar-refractivity contribution in [2.75, 3.05) is 19.7 Å². The Kier molecular flexibility index (Phi) is 9.36. The van der Waals surface area contributed by atoms with Gasteiger partial charge < -0.3 is 15.2 Å². The van der Waals surface area contributed by atoms with Crippen LogP contribution in [0.15, 0.2) is 42.6 Å². The van der Waals surface area contributed by atoms with Crippen molar-refractivity contribution in [3.8, 4) is 5.75 Å². The van der Waals surface area contributed by atoms with Gasteiger partial charge in [-0.1, -0.05) is 53.5 Å². The number of pyridine rings is 1. The van der Waals surface area contributed by atoms with E-state index in [1.165, 1.54) is 12.1 Å². The van der Waals surface area contributed by atoms with Gasteiger partial charge in [0.05, 0.1) is 22.3 Å².